The molecule has 138 valence electrons. The number of nitrogens with zero attached hydrogens (tertiary/aromatic N) is 4. The molecule has 1 unspecified atom stereocenters. The van der Waals surface area contributed by atoms with Crippen LogP contribution in [-0.2, 0) is 9.53 Å². The number of carbonyl (C=O) groups is 1. The van der Waals surface area contributed by atoms with Crippen molar-refractivity contribution < 1.29 is 19.4 Å². The molecule has 0 radical (unpaired) electrons. The van der Waals surface area contributed by atoms with Crippen LogP contribution < -0.4 is 10.1 Å². The maximum absolute atomic E-state index is 12.7. The summed E-state index contributed by atoms with van der Waals surface area (Å²) >= 11 is 0. The fraction of sp³-hybridized carbons (Fsp3) is 0.412. The Balaban J connectivity index is 2.12. The standard InChI is InChI=1S/C17H21N5O4/c1-5-25-13-8-11(6-7-12(13)23)15-14(16(24)26-9(2)3)10(4)18-17-19-20-21-22(15)17/h6-9,15,23H,5H2,1-4H3,(H,18,19,21). The van der Waals surface area contributed by atoms with E-state index in [1.54, 1.807) is 32.9 Å². The maximum Gasteiger partial charge on any atom is 0.338 e. The molecule has 2 N–H and O–H groups in total. The van der Waals surface area contributed by atoms with Crippen molar-refractivity contribution in [1.82, 2.24) is 20.2 Å². The first-order valence-corrected chi connectivity index (χ1v) is 8.34. The lowest BCUT2D eigenvalue weighted by Gasteiger charge is -2.28. The third kappa shape index (κ3) is 3.19. The quantitative estimate of drug-likeness (QED) is 0.780. The van der Waals surface area contributed by atoms with Gasteiger partial charge in [0.15, 0.2) is 11.5 Å². The Kier molecular flexibility index (Phi) is 4.79. The molecule has 1 aliphatic rings. The van der Waals surface area contributed by atoms with Crippen LogP contribution in [0.4, 0.5) is 5.95 Å². The number of ether oxygens (including phenoxy) is 2. The topological polar surface area (TPSA) is 111 Å². The van der Waals surface area contributed by atoms with Crippen molar-refractivity contribution >= 4 is 11.9 Å². The molecule has 1 aromatic carbocycles. The number of phenolic OH excluding ortho intramolecular Hbond substituents is 1. The summed E-state index contributed by atoms with van der Waals surface area (Å²) in [4.78, 5) is 12.7. The average Bonchev–Trinajstić information content (AvgIpc) is 3.03. The van der Waals surface area contributed by atoms with Gasteiger partial charge in [0.1, 0.15) is 6.04 Å². The highest BCUT2D eigenvalue weighted by Gasteiger charge is 2.35. The van der Waals surface area contributed by atoms with Crippen LogP contribution in [-0.4, -0.2) is 44.0 Å². The number of allylic oxidation sites excluding steroid dienone is 1. The largest absolute Gasteiger partial charge is 0.504 e. The average molecular weight is 359 g/mol. The van der Waals surface area contributed by atoms with Crippen molar-refractivity contribution in [2.45, 2.75) is 39.8 Å². The number of aromatic hydroxyl groups is 1. The van der Waals surface area contributed by atoms with Gasteiger partial charge in [0.25, 0.3) is 0 Å². The van der Waals surface area contributed by atoms with Gasteiger partial charge in [-0.2, -0.15) is 4.68 Å². The molecule has 2 aromatic rings. The number of nitrogens with one attached hydrogen (secondary N) is 1. The highest BCUT2D eigenvalue weighted by molar-refractivity contribution is 5.92. The molecule has 2 heterocycles. The Morgan fingerprint density at radius 2 is 2.19 bits per heavy atom. The van der Waals surface area contributed by atoms with Crippen LogP contribution in [0.5, 0.6) is 11.5 Å². The molecule has 0 bridgehead atoms. The second-order valence-corrected chi connectivity index (χ2v) is 6.13. The second-order valence-electron chi connectivity index (χ2n) is 6.13. The fourth-order valence-electron chi connectivity index (χ4n) is 2.83. The molecular weight excluding hydrogens is 338 g/mol. The molecule has 0 saturated carbocycles. The van der Waals surface area contributed by atoms with Crippen LogP contribution in [0.2, 0.25) is 0 Å². The summed E-state index contributed by atoms with van der Waals surface area (Å²) in [5.74, 6) is 0.308. The minimum absolute atomic E-state index is 0.0217. The summed E-state index contributed by atoms with van der Waals surface area (Å²) in [7, 11) is 0. The Hall–Kier alpha value is -3.10. The van der Waals surface area contributed by atoms with Gasteiger partial charge in [-0.15, -0.1) is 0 Å². The normalized spacial score (nSPS) is 16.3. The van der Waals surface area contributed by atoms with E-state index in [1.165, 1.54) is 10.7 Å². The van der Waals surface area contributed by atoms with Crippen molar-refractivity contribution in [1.29, 1.82) is 0 Å². The number of hydrogen-bond donors (Lipinski definition) is 2. The first-order chi connectivity index (χ1) is 12.4. The van der Waals surface area contributed by atoms with E-state index in [0.29, 0.717) is 35.1 Å². The highest BCUT2D eigenvalue weighted by atomic mass is 16.5. The lowest BCUT2D eigenvalue weighted by molar-refractivity contribution is -0.143. The van der Waals surface area contributed by atoms with E-state index in [2.05, 4.69) is 20.8 Å². The molecule has 26 heavy (non-hydrogen) atoms. The van der Waals surface area contributed by atoms with Crippen molar-refractivity contribution in [3.63, 3.8) is 0 Å². The number of hydrogen-bond acceptors (Lipinski definition) is 8. The summed E-state index contributed by atoms with van der Waals surface area (Å²) in [6.07, 6.45) is -0.266. The van der Waals surface area contributed by atoms with Crippen LogP contribution in [0.3, 0.4) is 0 Å². The molecule has 0 spiro atoms. The Morgan fingerprint density at radius 3 is 2.88 bits per heavy atom. The molecule has 1 aromatic heterocycles. The molecule has 0 fully saturated rings. The van der Waals surface area contributed by atoms with Crippen molar-refractivity contribution in [2.75, 3.05) is 11.9 Å². The van der Waals surface area contributed by atoms with E-state index >= 15 is 0 Å². The molecule has 0 amide bonds. The van der Waals surface area contributed by atoms with Crippen LogP contribution >= 0.6 is 0 Å². The Bertz CT molecular complexity index is 859. The van der Waals surface area contributed by atoms with E-state index in [9.17, 15) is 9.90 Å². The first kappa shape index (κ1) is 17.7. The van der Waals surface area contributed by atoms with Crippen molar-refractivity contribution in [3.8, 4) is 11.5 Å². The van der Waals surface area contributed by atoms with E-state index in [4.69, 9.17) is 9.47 Å². The Morgan fingerprint density at radius 1 is 1.42 bits per heavy atom. The minimum atomic E-state index is -0.604. The number of tetrazole rings is 1. The van der Waals surface area contributed by atoms with Gasteiger partial charge in [-0.1, -0.05) is 11.2 Å². The number of phenols is 1. The molecule has 0 saturated heterocycles. The Labute approximate surface area is 150 Å². The third-order valence-corrected chi connectivity index (χ3v) is 3.88. The maximum atomic E-state index is 12.7. The van der Waals surface area contributed by atoms with Gasteiger partial charge in [-0.3, -0.25) is 0 Å². The summed E-state index contributed by atoms with van der Waals surface area (Å²) in [6.45, 7) is 7.57. The van der Waals surface area contributed by atoms with Crippen molar-refractivity contribution in [3.05, 3.63) is 35.0 Å². The second kappa shape index (κ2) is 7.03. The molecule has 1 atom stereocenters. The predicted octanol–water partition coefficient (Wildman–Crippen LogP) is 2.02. The van der Waals surface area contributed by atoms with Crippen LogP contribution in [0.15, 0.2) is 29.5 Å². The molecular formula is C17H21N5O4. The highest BCUT2D eigenvalue weighted by Crippen LogP contribution is 2.38. The number of rotatable bonds is 5. The predicted molar refractivity (Wildman–Crippen MR) is 92.8 cm³/mol. The van der Waals surface area contributed by atoms with Gasteiger partial charge in [0.05, 0.1) is 18.3 Å². The molecule has 9 nitrogen and oxygen atoms in total. The molecule has 9 heteroatoms. The smallest absolute Gasteiger partial charge is 0.338 e. The number of aromatic nitrogens is 4. The number of benzene rings is 1. The van der Waals surface area contributed by atoms with Crippen molar-refractivity contribution in [2.24, 2.45) is 0 Å². The lowest BCUT2D eigenvalue weighted by atomic mass is 9.95. The summed E-state index contributed by atoms with van der Waals surface area (Å²) < 4.78 is 12.4. The fourth-order valence-corrected chi connectivity index (χ4v) is 2.83. The van der Waals surface area contributed by atoms with Gasteiger partial charge in [-0.25, -0.2) is 4.79 Å². The van der Waals surface area contributed by atoms with E-state index in [1.807, 2.05) is 6.92 Å². The van der Waals surface area contributed by atoms with Gasteiger partial charge < -0.3 is 19.9 Å². The first-order valence-electron chi connectivity index (χ1n) is 8.34. The van der Waals surface area contributed by atoms with Gasteiger partial charge in [0.2, 0.25) is 5.95 Å². The third-order valence-electron chi connectivity index (χ3n) is 3.88. The zero-order valence-corrected chi connectivity index (χ0v) is 15.1. The number of fused-ring (bicyclic) bond motifs is 1. The van der Waals surface area contributed by atoms with E-state index in [-0.39, 0.29) is 11.9 Å². The molecule has 3 rings (SSSR count). The summed E-state index contributed by atoms with van der Waals surface area (Å²) in [6, 6.07) is 4.30. The van der Waals surface area contributed by atoms with Gasteiger partial charge in [0, 0.05) is 5.70 Å². The summed E-state index contributed by atoms with van der Waals surface area (Å²) in [5.41, 5.74) is 1.69. The van der Waals surface area contributed by atoms with Crippen LogP contribution in [0.1, 0.15) is 39.3 Å². The summed E-state index contributed by atoms with van der Waals surface area (Å²) in [5, 5.41) is 24.6. The van der Waals surface area contributed by atoms with Gasteiger partial charge in [-0.05, 0) is 55.8 Å². The number of esters is 1. The van der Waals surface area contributed by atoms with E-state index in [0.717, 1.165) is 0 Å². The van der Waals surface area contributed by atoms with Crippen LogP contribution in [0, 0.1) is 0 Å². The van der Waals surface area contributed by atoms with Crippen LogP contribution in [0.25, 0.3) is 0 Å². The SMILES string of the molecule is CCOc1cc(C2C(C(=O)OC(C)C)=C(C)Nc3nnnn32)ccc1O. The minimum Gasteiger partial charge on any atom is -0.504 e. The zero-order valence-electron chi connectivity index (χ0n) is 15.1. The van der Waals surface area contributed by atoms with E-state index < -0.39 is 12.0 Å². The monoisotopic (exact) mass is 359 g/mol. The number of carbonyl (C=O) groups excluding carboxylic acids is 1. The lowest BCUT2D eigenvalue weighted by Crippen LogP contribution is -2.30. The zero-order chi connectivity index (χ0) is 18.8. The molecule has 1 aliphatic heterocycles. The number of anilines is 1. The molecule has 0 aliphatic carbocycles. The van der Waals surface area contributed by atoms with Gasteiger partial charge >= 0.3 is 5.97 Å².